The lowest BCUT2D eigenvalue weighted by molar-refractivity contribution is 0.102. The quantitative estimate of drug-likeness (QED) is 0.779. The number of rotatable bonds is 3. The van der Waals surface area contributed by atoms with Crippen LogP contribution in [0.4, 0.5) is 5.69 Å². The third-order valence-electron chi connectivity index (χ3n) is 3.13. The first-order valence-corrected chi connectivity index (χ1v) is 7.48. The van der Waals surface area contributed by atoms with E-state index >= 15 is 0 Å². The molecule has 0 saturated carbocycles. The van der Waals surface area contributed by atoms with Crippen LogP contribution in [0.1, 0.15) is 16.1 Å². The Balaban J connectivity index is 1.80. The van der Waals surface area contributed by atoms with E-state index in [4.69, 9.17) is 0 Å². The topological polar surface area (TPSA) is 59.8 Å². The number of anilines is 1. The summed E-state index contributed by atoms with van der Waals surface area (Å²) < 4.78 is 2.44. The molecule has 0 aliphatic rings. The highest BCUT2D eigenvalue weighted by Gasteiger charge is 2.12. The molecule has 0 fully saturated rings. The van der Waals surface area contributed by atoms with Crippen molar-refractivity contribution in [1.29, 1.82) is 0 Å². The number of aryl methyl sites for hydroxylation is 1. The van der Waals surface area contributed by atoms with E-state index in [1.807, 2.05) is 55.5 Å². The molecule has 0 spiro atoms. The van der Waals surface area contributed by atoms with Gasteiger partial charge in [0.2, 0.25) is 0 Å². The molecular weight excluding hydrogens is 344 g/mol. The number of carbonyl (C=O) groups excluding carboxylic acids is 1. The molecule has 0 atom stereocenters. The van der Waals surface area contributed by atoms with Crippen LogP contribution in [0.2, 0.25) is 0 Å². The van der Waals surface area contributed by atoms with Gasteiger partial charge in [0.15, 0.2) is 5.69 Å². The highest BCUT2D eigenvalue weighted by Crippen LogP contribution is 2.19. The number of hydrogen-bond acceptors (Lipinski definition) is 3. The van der Waals surface area contributed by atoms with Crippen LogP contribution in [0.3, 0.4) is 0 Å². The van der Waals surface area contributed by atoms with Gasteiger partial charge in [-0.25, -0.2) is 4.68 Å². The van der Waals surface area contributed by atoms with Gasteiger partial charge in [0.25, 0.3) is 5.91 Å². The van der Waals surface area contributed by atoms with E-state index in [1.165, 1.54) is 0 Å². The molecule has 1 N–H and O–H groups in total. The standard InChI is InChI=1S/C16H13BrN4O/c1-11-6-8-12(9-7-11)18-16(22)14-10-21(20-19-14)15-5-3-2-4-13(15)17/h2-10H,1H3,(H,18,22). The maximum Gasteiger partial charge on any atom is 0.277 e. The second-order valence-electron chi connectivity index (χ2n) is 4.82. The normalized spacial score (nSPS) is 10.5. The van der Waals surface area contributed by atoms with E-state index in [2.05, 4.69) is 31.6 Å². The number of carbonyl (C=O) groups is 1. The highest BCUT2D eigenvalue weighted by atomic mass is 79.9. The average molecular weight is 357 g/mol. The maximum atomic E-state index is 12.2. The van der Waals surface area contributed by atoms with Crippen LogP contribution in [-0.4, -0.2) is 20.9 Å². The summed E-state index contributed by atoms with van der Waals surface area (Å²) >= 11 is 3.45. The molecule has 3 aromatic rings. The Morgan fingerprint density at radius 1 is 1.14 bits per heavy atom. The Labute approximate surface area is 136 Å². The van der Waals surface area contributed by atoms with Gasteiger partial charge in [-0.15, -0.1) is 5.10 Å². The average Bonchev–Trinajstić information content (AvgIpc) is 3.00. The zero-order valence-corrected chi connectivity index (χ0v) is 13.4. The van der Waals surface area contributed by atoms with Gasteiger partial charge in [-0.2, -0.15) is 0 Å². The Kier molecular flexibility index (Phi) is 4.02. The minimum atomic E-state index is -0.290. The van der Waals surface area contributed by atoms with Crippen molar-refractivity contribution in [1.82, 2.24) is 15.0 Å². The Hall–Kier alpha value is -2.47. The number of aromatic nitrogens is 3. The lowest BCUT2D eigenvalue weighted by Gasteiger charge is -2.03. The van der Waals surface area contributed by atoms with Crippen molar-refractivity contribution in [2.45, 2.75) is 6.92 Å². The molecule has 0 saturated heterocycles. The van der Waals surface area contributed by atoms with Crippen molar-refractivity contribution in [3.05, 3.63) is 70.5 Å². The molecule has 0 radical (unpaired) electrons. The molecule has 3 rings (SSSR count). The summed E-state index contributed by atoms with van der Waals surface area (Å²) in [6.07, 6.45) is 1.60. The van der Waals surface area contributed by atoms with Gasteiger partial charge >= 0.3 is 0 Å². The van der Waals surface area contributed by atoms with E-state index in [-0.39, 0.29) is 11.6 Å². The van der Waals surface area contributed by atoms with Crippen LogP contribution in [0, 0.1) is 6.92 Å². The number of nitrogens with one attached hydrogen (secondary N) is 1. The van der Waals surface area contributed by atoms with Crippen molar-refractivity contribution in [2.75, 3.05) is 5.32 Å². The van der Waals surface area contributed by atoms with E-state index in [0.29, 0.717) is 0 Å². The number of para-hydroxylation sites is 1. The third-order valence-corrected chi connectivity index (χ3v) is 3.81. The predicted molar refractivity (Wildman–Crippen MR) is 88.2 cm³/mol. The molecule has 1 heterocycles. The predicted octanol–water partition coefficient (Wildman–Crippen LogP) is 3.59. The zero-order chi connectivity index (χ0) is 15.5. The first-order chi connectivity index (χ1) is 10.6. The van der Waals surface area contributed by atoms with E-state index in [9.17, 15) is 4.79 Å². The molecule has 0 unspecified atom stereocenters. The van der Waals surface area contributed by atoms with Gasteiger partial charge in [-0.05, 0) is 47.1 Å². The molecule has 110 valence electrons. The Bertz CT molecular complexity index is 811. The minimum absolute atomic E-state index is 0.260. The van der Waals surface area contributed by atoms with Crippen LogP contribution < -0.4 is 5.32 Å². The van der Waals surface area contributed by atoms with Gasteiger partial charge in [0.05, 0.1) is 11.9 Å². The molecule has 0 aliphatic heterocycles. The van der Waals surface area contributed by atoms with E-state index in [0.717, 1.165) is 21.4 Å². The van der Waals surface area contributed by atoms with Crippen LogP contribution in [0.25, 0.3) is 5.69 Å². The highest BCUT2D eigenvalue weighted by molar-refractivity contribution is 9.10. The Morgan fingerprint density at radius 3 is 2.59 bits per heavy atom. The summed E-state index contributed by atoms with van der Waals surface area (Å²) in [6.45, 7) is 1.99. The first kappa shape index (κ1) is 14.5. The number of nitrogens with zero attached hydrogens (tertiary/aromatic N) is 3. The summed E-state index contributed by atoms with van der Waals surface area (Å²) in [7, 11) is 0. The van der Waals surface area contributed by atoms with Crippen molar-refractivity contribution < 1.29 is 4.79 Å². The lowest BCUT2D eigenvalue weighted by atomic mass is 10.2. The van der Waals surface area contributed by atoms with Crippen LogP contribution in [0.15, 0.2) is 59.2 Å². The molecular formula is C16H13BrN4O. The first-order valence-electron chi connectivity index (χ1n) is 6.69. The fourth-order valence-corrected chi connectivity index (χ4v) is 2.42. The summed E-state index contributed by atoms with van der Waals surface area (Å²) in [5.74, 6) is -0.290. The van der Waals surface area contributed by atoms with E-state index < -0.39 is 0 Å². The summed E-state index contributed by atoms with van der Waals surface area (Å²) in [5, 5.41) is 10.7. The lowest BCUT2D eigenvalue weighted by Crippen LogP contribution is -2.12. The van der Waals surface area contributed by atoms with Crippen molar-refractivity contribution in [2.24, 2.45) is 0 Å². The fraction of sp³-hybridized carbons (Fsp3) is 0.0625. The third kappa shape index (κ3) is 3.07. The fourth-order valence-electron chi connectivity index (χ4n) is 1.96. The van der Waals surface area contributed by atoms with Crippen molar-refractivity contribution in [3.8, 4) is 5.69 Å². The molecule has 0 aliphatic carbocycles. The van der Waals surface area contributed by atoms with Gasteiger partial charge in [0.1, 0.15) is 0 Å². The van der Waals surface area contributed by atoms with Gasteiger partial charge in [0, 0.05) is 10.2 Å². The maximum absolute atomic E-state index is 12.2. The van der Waals surface area contributed by atoms with Gasteiger partial charge < -0.3 is 5.32 Å². The molecule has 0 bridgehead atoms. The molecule has 22 heavy (non-hydrogen) atoms. The largest absolute Gasteiger partial charge is 0.321 e. The van der Waals surface area contributed by atoms with Crippen LogP contribution >= 0.6 is 15.9 Å². The molecule has 1 aromatic heterocycles. The smallest absolute Gasteiger partial charge is 0.277 e. The molecule has 1 amide bonds. The van der Waals surface area contributed by atoms with Gasteiger partial charge in [-0.1, -0.05) is 35.0 Å². The second kappa shape index (κ2) is 6.11. The Morgan fingerprint density at radius 2 is 1.86 bits per heavy atom. The monoisotopic (exact) mass is 356 g/mol. The summed E-state index contributed by atoms with van der Waals surface area (Å²) in [4.78, 5) is 12.2. The van der Waals surface area contributed by atoms with E-state index in [1.54, 1.807) is 10.9 Å². The minimum Gasteiger partial charge on any atom is -0.321 e. The molecule has 2 aromatic carbocycles. The van der Waals surface area contributed by atoms with Crippen LogP contribution in [-0.2, 0) is 0 Å². The molecule has 5 nitrogen and oxygen atoms in total. The SMILES string of the molecule is Cc1ccc(NC(=O)c2cn(-c3ccccc3Br)nn2)cc1. The van der Waals surface area contributed by atoms with Crippen molar-refractivity contribution in [3.63, 3.8) is 0 Å². The number of halogens is 1. The van der Waals surface area contributed by atoms with Crippen molar-refractivity contribution >= 4 is 27.5 Å². The summed E-state index contributed by atoms with van der Waals surface area (Å²) in [5.41, 5.74) is 2.95. The number of amides is 1. The van der Waals surface area contributed by atoms with Crippen LogP contribution in [0.5, 0.6) is 0 Å². The number of benzene rings is 2. The zero-order valence-electron chi connectivity index (χ0n) is 11.8. The van der Waals surface area contributed by atoms with Gasteiger partial charge in [-0.3, -0.25) is 4.79 Å². The molecule has 6 heteroatoms. The summed E-state index contributed by atoms with van der Waals surface area (Å²) in [6, 6.07) is 15.2. The second-order valence-corrected chi connectivity index (χ2v) is 5.67. The number of hydrogen-bond donors (Lipinski definition) is 1.